The van der Waals surface area contributed by atoms with Crippen LogP contribution in [-0.4, -0.2) is 53.4 Å². The lowest BCUT2D eigenvalue weighted by Crippen LogP contribution is -2.53. The van der Waals surface area contributed by atoms with Gasteiger partial charge >= 0.3 is 0 Å². The van der Waals surface area contributed by atoms with Gasteiger partial charge in [-0.1, -0.05) is 13.0 Å². The lowest BCUT2D eigenvalue weighted by molar-refractivity contribution is -0.139. The molecule has 1 aromatic carbocycles. The number of phenolic OH excluding ortho intramolecular Hbond substituents is 1. The van der Waals surface area contributed by atoms with E-state index in [0.29, 0.717) is 38.1 Å². The number of halogens is 1. The van der Waals surface area contributed by atoms with E-state index in [9.17, 15) is 19.4 Å². The fourth-order valence-electron chi connectivity index (χ4n) is 2.99. The average Bonchev–Trinajstić information content (AvgIpc) is 2.52. The number of phenols is 1. The number of methoxy groups -OCH3 is 1. The zero-order chi connectivity index (χ0) is 17.0. The number of amides is 1. The van der Waals surface area contributed by atoms with Gasteiger partial charge in [0.25, 0.3) is 0 Å². The molecule has 2 rings (SSSR count). The zero-order valence-corrected chi connectivity index (χ0v) is 13.6. The molecule has 2 atom stereocenters. The Kier molecular flexibility index (Phi) is 5.59. The third kappa shape index (κ3) is 4.20. The van der Waals surface area contributed by atoms with Crippen molar-refractivity contribution in [2.75, 3.05) is 26.8 Å². The Balaban J connectivity index is 1.95. The summed E-state index contributed by atoms with van der Waals surface area (Å²) in [7, 11) is 1.60. The molecule has 1 aromatic rings. The molecular weight excluding hydrogens is 301 g/mol. The second-order valence-electron chi connectivity index (χ2n) is 6.30. The van der Waals surface area contributed by atoms with Crippen LogP contribution in [0, 0.1) is 11.7 Å². The van der Waals surface area contributed by atoms with Crippen LogP contribution in [0.5, 0.6) is 5.75 Å². The number of likely N-dealkylation sites (tertiary alicyclic amines) is 1. The summed E-state index contributed by atoms with van der Waals surface area (Å²) < 4.78 is 18.4. The molecule has 1 aliphatic heterocycles. The second kappa shape index (κ2) is 7.27. The third-order valence-corrected chi connectivity index (χ3v) is 4.69. The summed E-state index contributed by atoms with van der Waals surface area (Å²) in [6, 6.07) is 3.97. The molecule has 0 saturated carbocycles. The summed E-state index contributed by atoms with van der Waals surface area (Å²) in [5.41, 5.74) is -0.282. The van der Waals surface area contributed by atoms with Crippen LogP contribution in [-0.2, 0) is 16.0 Å². The summed E-state index contributed by atoms with van der Waals surface area (Å²) >= 11 is 0. The van der Waals surface area contributed by atoms with Crippen molar-refractivity contribution >= 4 is 5.91 Å². The van der Waals surface area contributed by atoms with Gasteiger partial charge in [0.1, 0.15) is 0 Å². The maximum Gasteiger partial charge on any atom is 0.227 e. The van der Waals surface area contributed by atoms with E-state index in [1.165, 1.54) is 12.1 Å². The number of hydrogen-bond donors (Lipinski definition) is 2. The fourth-order valence-corrected chi connectivity index (χ4v) is 2.99. The topological polar surface area (TPSA) is 70.0 Å². The maximum absolute atomic E-state index is 13.3. The average molecular weight is 325 g/mol. The summed E-state index contributed by atoms with van der Waals surface area (Å²) in [6.07, 6.45) is 1.14. The predicted molar refractivity (Wildman–Crippen MR) is 83.6 cm³/mol. The third-order valence-electron chi connectivity index (χ3n) is 4.69. The monoisotopic (exact) mass is 325 g/mol. The minimum Gasteiger partial charge on any atom is -0.505 e. The van der Waals surface area contributed by atoms with Gasteiger partial charge in [0.05, 0.1) is 12.0 Å². The van der Waals surface area contributed by atoms with Crippen molar-refractivity contribution in [3.05, 3.63) is 29.6 Å². The number of ether oxygens (including phenoxy) is 1. The van der Waals surface area contributed by atoms with E-state index in [1.807, 2.05) is 6.92 Å². The smallest absolute Gasteiger partial charge is 0.227 e. The number of aromatic hydroxyl groups is 1. The normalized spacial score (nSPS) is 24.7. The van der Waals surface area contributed by atoms with Crippen molar-refractivity contribution in [2.24, 2.45) is 5.92 Å². The minimum absolute atomic E-state index is 0.0492. The number of carbonyl (C=O) groups excluding carboxylic acids is 1. The van der Waals surface area contributed by atoms with Crippen LogP contribution in [0.4, 0.5) is 4.39 Å². The van der Waals surface area contributed by atoms with Gasteiger partial charge in [0, 0.05) is 32.7 Å². The molecule has 23 heavy (non-hydrogen) atoms. The first-order valence-electron chi connectivity index (χ1n) is 7.82. The number of hydrogen-bond acceptors (Lipinski definition) is 4. The van der Waals surface area contributed by atoms with Crippen LogP contribution in [0.1, 0.15) is 25.3 Å². The lowest BCUT2D eigenvalue weighted by Gasteiger charge is -2.43. The van der Waals surface area contributed by atoms with Gasteiger partial charge in [0.15, 0.2) is 11.6 Å². The van der Waals surface area contributed by atoms with Gasteiger partial charge < -0.3 is 19.8 Å². The molecule has 5 nitrogen and oxygen atoms in total. The van der Waals surface area contributed by atoms with Crippen molar-refractivity contribution < 1.29 is 24.1 Å². The van der Waals surface area contributed by atoms with E-state index < -0.39 is 17.2 Å². The molecule has 2 unspecified atom stereocenters. The number of aliphatic hydroxyl groups is 1. The van der Waals surface area contributed by atoms with Gasteiger partial charge in [-0.2, -0.15) is 0 Å². The van der Waals surface area contributed by atoms with Crippen LogP contribution in [0.3, 0.4) is 0 Å². The standard InChI is InChI=1S/C17H24FNO4/c1-12-11-19(7-5-17(12,22)6-8-23-2)16(21)10-13-3-4-15(20)14(18)9-13/h3-4,9,12,20,22H,5-8,10-11H2,1-2H3. The fraction of sp³-hybridized carbons (Fsp3) is 0.588. The summed E-state index contributed by atoms with van der Waals surface area (Å²) in [5, 5.41) is 19.8. The molecule has 1 saturated heterocycles. The zero-order valence-electron chi connectivity index (χ0n) is 13.6. The molecule has 0 aromatic heterocycles. The highest BCUT2D eigenvalue weighted by molar-refractivity contribution is 5.79. The van der Waals surface area contributed by atoms with Crippen LogP contribution >= 0.6 is 0 Å². The molecule has 2 N–H and O–H groups in total. The van der Waals surface area contributed by atoms with Crippen LogP contribution in [0.25, 0.3) is 0 Å². The first-order valence-corrected chi connectivity index (χ1v) is 7.82. The molecule has 1 aliphatic rings. The van der Waals surface area contributed by atoms with Crippen molar-refractivity contribution in [2.45, 2.75) is 31.8 Å². The number of nitrogens with zero attached hydrogens (tertiary/aromatic N) is 1. The highest BCUT2D eigenvalue weighted by Gasteiger charge is 2.39. The Morgan fingerprint density at radius 2 is 2.26 bits per heavy atom. The number of piperidine rings is 1. The van der Waals surface area contributed by atoms with Crippen molar-refractivity contribution in [1.82, 2.24) is 4.90 Å². The first kappa shape index (κ1) is 17.7. The van der Waals surface area contributed by atoms with E-state index in [2.05, 4.69) is 0 Å². The SMILES string of the molecule is COCCC1(O)CCN(C(=O)Cc2ccc(O)c(F)c2)CC1C. The van der Waals surface area contributed by atoms with Gasteiger partial charge in [-0.15, -0.1) is 0 Å². The summed E-state index contributed by atoms with van der Waals surface area (Å²) in [4.78, 5) is 14.1. The Morgan fingerprint density at radius 1 is 1.52 bits per heavy atom. The number of rotatable bonds is 5. The molecule has 0 aliphatic carbocycles. The largest absolute Gasteiger partial charge is 0.505 e. The quantitative estimate of drug-likeness (QED) is 0.865. The minimum atomic E-state index is -0.808. The van der Waals surface area contributed by atoms with Gasteiger partial charge in [-0.05, 0) is 30.5 Å². The summed E-state index contributed by atoms with van der Waals surface area (Å²) in [5.74, 6) is -1.30. The Labute approximate surface area is 135 Å². The Morgan fingerprint density at radius 3 is 2.87 bits per heavy atom. The molecule has 0 spiro atoms. The van der Waals surface area contributed by atoms with Crippen molar-refractivity contribution in [3.63, 3.8) is 0 Å². The molecule has 1 heterocycles. The van der Waals surface area contributed by atoms with Crippen LogP contribution < -0.4 is 0 Å². The molecule has 6 heteroatoms. The van der Waals surface area contributed by atoms with Crippen molar-refractivity contribution in [1.29, 1.82) is 0 Å². The highest BCUT2D eigenvalue weighted by atomic mass is 19.1. The van der Waals surface area contributed by atoms with E-state index in [-0.39, 0.29) is 18.2 Å². The predicted octanol–water partition coefficient (Wildman–Crippen LogP) is 1.71. The maximum atomic E-state index is 13.3. The highest BCUT2D eigenvalue weighted by Crippen LogP contribution is 2.31. The van der Waals surface area contributed by atoms with Gasteiger partial charge in [0.2, 0.25) is 5.91 Å². The van der Waals surface area contributed by atoms with Crippen LogP contribution in [0.15, 0.2) is 18.2 Å². The molecule has 128 valence electrons. The molecule has 1 fully saturated rings. The molecule has 0 bridgehead atoms. The second-order valence-corrected chi connectivity index (χ2v) is 6.30. The van der Waals surface area contributed by atoms with E-state index >= 15 is 0 Å². The number of benzene rings is 1. The molecule has 0 radical (unpaired) electrons. The van der Waals surface area contributed by atoms with Gasteiger partial charge in [-0.3, -0.25) is 4.79 Å². The first-order chi connectivity index (χ1) is 10.9. The molecular formula is C17H24FNO4. The molecule has 1 amide bonds. The van der Waals surface area contributed by atoms with Crippen LogP contribution in [0.2, 0.25) is 0 Å². The van der Waals surface area contributed by atoms with E-state index in [0.717, 1.165) is 0 Å². The van der Waals surface area contributed by atoms with Crippen molar-refractivity contribution in [3.8, 4) is 5.75 Å². The van der Waals surface area contributed by atoms with Gasteiger partial charge in [-0.25, -0.2) is 4.39 Å². The van der Waals surface area contributed by atoms with E-state index in [1.54, 1.807) is 18.1 Å². The Hall–Kier alpha value is -1.66. The lowest BCUT2D eigenvalue weighted by atomic mass is 9.79. The Bertz CT molecular complexity index is 566. The summed E-state index contributed by atoms with van der Waals surface area (Å²) in [6.45, 7) is 3.36. The van der Waals surface area contributed by atoms with E-state index in [4.69, 9.17) is 4.74 Å². The number of carbonyl (C=O) groups is 1.